The summed E-state index contributed by atoms with van der Waals surface area (Å²) in [4.78, 5) is 11.5. The summed E-state index contributed by atoms with van der Waals surface area (Å²) in [6, 6.07) is 7.32. The minimum atomic E-state index is -0.462. The van der Waals surface area contributed by atoms with Crippen LogP contribution in [0, 0.1) is 0 Å². The molecule has 1 aromatic rings. The largest absolute Gasteiger partial charge is 0.502 e. The van der Waals surface area contributed by atoms with Gasteiger partial charge in [0.25, 0.3) is 0 Å². The number of unbranched alkanes of at least 4 members (excludes halogenated alkanes) is 1. The van der Waals surface area contributed by atoms with Gasteiger partial charge in [-0.2, -0.15) is 0 Å². The maximum absolute atomic E-state index is 11.5. The Kier molecular flexibility index (Phi) is 7.51. The van der Waals surface area contributed by atoms with Gasteiger partial charge in [-0.1, -0.05) is 18.7 Å². The van der Waals surface area contributed by atoms with Gasteiger partial charge in [-0.15, -0.1) is 11.6 Å². The molecule has 0 fully saturated rings. The molecule has 0 aromatic heterocycles. The third-order valence-electron chi connectivity index (χ3n) is 2.34. The van der Waals surface area contributed by atoms with Gasteiger partial charge in [0.15, 0.2) is 0 Å². The van der Waals surface area contributed by atoms with E-state index in [1.807, 2.05) is 18.2 Å². The molecule has 0 aliphatic heterocycles. The highest BCUT2D eigenvalue weighted by Crippen LogP contribution is 2.12. The van der Waals surface area contributed by atoms with Crippen LogP contribution in [0.25, 0.3) is 0 Å². The first-order valence-corrected chi connectivity index (χ1v) is 6.61. The fourth-order valence-electron chi connectivity index (χ4n) is 1.42. The SMILES string of the molecule is C=COCCCCOC(=O)Nc1cccc(CCl)c1. The highest BCUT2D eigenvalue weighted by atomic mass is 35.5. The maximum atomic E-state index is 11.5. The number of rotatable bonds is 8. The van der Waals surface area contributed by atoms with Crippen LogP contribution >= 0.6 is 11.6 Å². The molecule has 0 saturated heterocycles. The van der Waals surface area contributed by atoms with Gasteiger partial charge in [-0.05, 0) is 30.5 Å². The van der Waals surface area contributed by atoms with E-state index in [1.165, 1.54) is 6.26 Å². The molecule has 0 bridgehead atoms. The van der Waals surface area contributed by atoms with Crippen LogP contribution in [0.3, 0.4) is 0 Å². The minimum Gasteiger partial charge on any atom is -0.502 e. The van der Waals surface area contributed by atoms with Crippen LogP contribution in [0.5, 0.6) is 0 Å². The molecule has 0 atom stereocenters. The molecule has 19 heavy (non-hydrogen) atoms. The van der Waals surface area contributed by atoms with E-state index < -0.39 is 6.09 Å². The molecule has 1 rings (SSSR count). The van der Waals surface area contributed by atoms with Gasteiger partial charge >= 0.3 is 6.09 Å². The number of hydrogen-bond acceptors (Lipinski definition) is 3. The van der Waals surface area contributed by atoms with Gasteiger partial charge in [0.05, 0.1) is 19.5 Å². The van der Waals surface area contributed by atoms with E-state index in [2.05, 4.69) is 11.9 Å². The monoisotopic (exact) mass is 283 g/mol. The van der Waals surface area contributed by atoms with Crippen LogP contribution in [-0.2, 0) is 15.4 Å². The third kappa shape index (κ3) is 6.72. The summed E-state index contributed by atoms with van der Waals surface area (Å²) in [5, 5.41) is 2.65. The minimum absolute atomic E-state index is 0.363. The Hall–Kier alpha value is -1.68. The molecule has 0 aliphatic rings. The van der Waals surface area contributed by atoms with Gasteiger partial charge in [0.2, 0.25) is 0 Å². The maximum Gasteiger partial charge on any atom is 0.411 e. The normalized spacial score (nSPS) is 9.74. The number of alkyl halides is 1. The number of amides is 1. The second kappa shape index (κ2) is 9.28. The third-order valence-corrected chi connectivity index (χ3v) is 2.64. The lowest BCUT2D eigenvalue weighted by atomic mass is 10.2. The van der Waals surface area contributed by atoms with Crippen molar-refractivity contribution in [2.24, 2.45) is 0 Å². The summed E-state index contributed by atoms with van der Waals surface area (Å²) >= 11 is 5.72. The molecule has 4 nitrogen and oxygen atoms in total. The van der Waals surface area contributed by atoms with Gasteiger partial charge in [-0.25, -0.2) is 4.79 Å². The van der Waals surface area contributed by atoms with E-state index in [1.54, 1.807) is 6.07 Å². The second-order valence-corrected chi connectivity index (χ2v) is 4.11. The van der Waals surface area contributed by atoms with Gasteiger partial charge < -0.3 is 9.47 Å². The van der Waals surface area contributed by atoms with Gasteiger partial charge in [-0.3, -0.25) is 5.32 Å². The lowest BCUT2D eigenvalue weighted by molar-refractivity contribution is 0.154. The zero-order valence-corrected chi connectivity index (χ0v) is 11.5. The number of carbonyl (C=O) groups is 1. The van der Waals surface area contributed by atoms with Crippen LogP contribution in [0.15, 0.2) is 37.1 Å². The number of anilines is 1. The van der Waals surface area contributed by atoms with Crippen molar-refractivity contribution >= 4 is 23.4 Å². The van der Waals surface area contributed by atoms with E-state index in [4.69, 9.17) is 21.1 Å². The zero-order chi connectivity index (χ0) is 13.9. The Bertz CT molecular complexity index is 409. The van der Waals surface area contributed by atoms with Crippen LogP contribution in [-0.4, -0.2) is 19.3 Å². The molecule has 0 aliphatic carbocycles. The van der Waals surface area contributed by atoms with Crippen LogP contribution in [0.2, 0.25) is 0 Å². The van der Waals surface area contributed by atoms with Crippen LogP contribution in [0.1, 0.15) is 18.4 Å². The summed E-state index contributed by atoms with van der Waals surface area (Å²) in [6.07, 6.45) is 2.51. The Morgan fingerprint density at radius 3 is 2.89 bits per heavy atom. The standard InChI is InChI=1S/C14H18ClNO3/c1-2-18-8-3-4-9-19-14(17)16-13-7-5-6-12(10-13)11-15/h2,5-7,10H,1,3-4,8-9,11H2,(H,16,17). The van der Waals surface area contributed by atoms with Crippen molar-refractivity contribution in [2.45, 2.75) is 18.7 Å². The summed E-state index contributed by atoms with van der Waals surface area (Å²) in [5.74, 6) is 0.411. The first kappa shape index (κ1) is 15.4. The van der Waals surface area contributed by atoms with Crippen LogP contribution in [0.4, 0.5) is 10.5 Å². The fraction of sp³-hybridized carbons (Fsp3) is 0.357. The van der Waals surface area contributed by atoms with E-state index in [0.717, 1.165) is 18.4 Å². The van der Waals surface area contributed by atoms with Crippen molar-refractivity contribution in [2.75, 3.05) is 18.5 Å². The molecule has 1 aromatic carbocycles. The summed E-state index contributed by atoms with van der Waals surface area (Å²) in [7, 11) is 0. The molecular weight excluding hydrogens is 266 g/mol. The Balaban J connectivity index is 2.21. The quantitative estimate of drug-likeness (QED) is 0.447. The van der Waals surface area contributed by atoms with Crippen LogP contribution < -0.4 is 5.32 Å². The number of nitrogens with one attached hydrogen (secondary N) is 1. The Morgan fingerprint density at radius 2 is 2.16 bits per heavy atom. The average Bonchev–Trinajstić information content (AvgIpc) is 2.43. The lowest BCUT2D eigenvalue weighted by Crippen LogP contribution is -2.14. The molecule has 104 valence electrons. The molecular formula is C14H18ClNO3. The van der Waals surface area contributed by atoms with Crippen molar-refractivity contribution in [3.63, 3.8) is 0 Å². The molecule has 0 saturated carbocycles. The van der Waals surface area contributed by atoms with Gasteiger partial charge in [0, 0.05) is 11.6 Å². The molecule has 0 unspecified atom stereocenters. The van der Waals surface area contributed by atoms with E-state index in [-0.39, 0.29) is 0 Å². The van der Waals surface area contributed by atoms with E-state index in [9.17, 15) is 4.79 Å². The first-order valence-electron chi connectivity index (χ1n) is 6.07. The number of hydrogen-bond donors (Lipinski definition) is 1. The summed E-state index contributed by atoms with van der Waals surface area (Å²) in [6.45, 7) is 4.39. The molecule has 0 spiro atoms. The Morgan fingerprint density at radius 1 is 1.37 bits per heavy atom. The number of benzene rings is 1. The molecule has 0 heterocycles. The predicted molar refractivity (Wildman–Crippen MR) is 76.4 cm³/mol. The molecule has 5 heteroatoms. The second-order valence-electron chi connectivity index (χ2n) is 3.84. The lowest BCUT2D eigenvalue weighted by Gasteiger charge is -2.07. The van der Waals surface area contributed by atoms with Crippen molar-refractivity contribution < 1.29 is 14.3 Å². The molecule has 1 N–H and O–H groups in total. The zero-order valence-electron chi connectivity index (χ0n) is 10.7. The van der Waals surface area contributed by atoms with Gasteiger partial charge in [0.1, 0.15) is 0 Å². The van der Waals surface area contributed by atoms with Crippen molar-refractivity contribution in [3.8, 4) is 0 Å². The molecule has 1 amide bonds. The number of ether oxygens (including phenoxy) is 2. The highest BCUT2D eigenvalue weighted by Gasteiger charge is 2.03. The van der Waals surface area contributed by atoms with Crippen molar-refractivity contribution in [1.82, 2.24) is 0 Å². The van der Waals surface area contributed by atoms with E-state index in [0.29, 0.717) is 24.8 Å². The predicted octanol–water partition coefficient (Wildman–Crippen LogP) is 3.91. The highest BCUT2D eigenvalue weighted by molar-refractivity contribution is 6.17. The fourth-order valence-corrected chi connectivity index (χ4v) is 1.59. The topological polar surface area (TPSA) is 47.6 Å². The van der Waals surface area contributed by atoms with E-state index >= 15 is 0 Å². The van der Waals surface area contributed by atoms with Crippen molar-refractivity contribution in [1.29, 1.82) is 0 Å². The summed E-state index contributed by atoms with van der Waals surface area (Å²) in [5.41, 5.74) is 1.62. The first-order chi connectivity index (χ1) is 9.26. The van der Waals surface area contributed by atoms with Crippen molar-refractivity contribution in [3.05, 3.63) is 42.7 Å². The Labute approximate surface area is 118 Å². The molecule has 0 radical (unpaired) electrons. The smallest absolute Gasteiger partial charge is 0.411 e. The summed E-state index contributed by atoms with van der Waals surface area (Å²) < 4.78 is 9.99. The number of halogens is 1. The average molecular weight is 284 g/mol. The number of carbonyl (C=O) groups excluding carboxylic acids is 1.